The molecule has 8 heteroatoms. The van der Waals surface area contributed by atoms with E-state index in [1.165, 1.54) is 11.3 Å². The standard InChI is InChI=1S/C12H13N3OS2.2ClH/c13-8-3-4-15(6-8)12(16)9-7-18-11(14-9)10-2-1-5-17-10;;/h1-2,5,7-8H,3-4,6,13H2;2*1H/t8-;;/m1../s1. The molecule has 2 N–H and O–H groups in total. The fourth-order valence-corrected chi connectivity index (χ4v) is 3.63. The zero-order valence-corrected chi connectivity index (χ0v) is 13.8. The summed E-state index contributed by atoms with van der Waals surface area (Å²) in [4.78, 5) is 19.5. The second kappa shape index (κ2) is 7.38. The molecule has 0 unspecified atom stereocenters. The molecule has 0 aromatic carbocycles. The Kier molecular flexibility index (Phi) is 6.42. The number of carbonyl (C=O) groups excluding carboxylic acids is 1. The van der Waals surface area contributed by atoms with Gasteiger partial charge in [0.05, 0.1) is 4.88 Å². The van der Waals surface area contributed by atoms with Crippen LogP contribution in [0.2, 0.25) is 0 Å². The number of thiazole rings is 1. The Morgan fingerprint density at radius 3 is 2.80 bits per heavy atom. The van der Waals surface area contributed by atoms with Crippen molar-refractivity contribution in [1.82, 2.24) is 9.88 Å². The molecule has 0 aliphatic carbocycles. The number of nitrogens with two attached hydrogens (primary N) is 1. The van der Waals surface area contributed by atoms with Crippen LogP contribution in [0.3, 0.4) is 0 Å². The van der Waals surface area contributed by atoms with Crippen molar-refractivity contribution in [2.45, 2.75) is 12.5 Å². The van der Waals surface area contributed by atoms with Gasteiger partial charge in [0.2, 0.25) is 0 Å². The lowest BCUT2D eigenvalue weighted by atomic mass is 10.3. The van der Waals surface area contributed by atoms with Crippen LogP contribution in [-0.2, 0) is 0 Å². The summed E-state index contributed by atoms with van der Waals surface area (Å²) in [7, 11) is 0. The lowest BCUT2D eigenvalue weighted by Gasteiger charge is -2.13. The molecule has 1 saturated heterocycles. The quantitative estimate of drug-likeness (QED) is 0.904. The summed E-state index contributed by atoms with van der Waals surface area (Å²) in [6, 6.07) is 4.12. The van der Waals surface area contributed by atoms with Crippen molar-refractivity contribution in [3.05, 3.63) is 28.6 Å². The van der Waals surface area contributed by atoms with Crippen molar-refractivity contribution in [1.29, 1.82) is 0 Å². The van der Waals surface area contributed by atoms with E-state index in [1.54, 1.807) is 16.2 Å². The third-order valence-corrected chi connectivity index (χ3v) is 4.85. The Balaban J connectivity index is 0.000001000. The van der Waals surface area contributed by atoms with Crippen LogP contribution in [0.25, 0.3) is 9.88 Å². The maximum absolute atomic E-state index is 12.2. The Morgan fingerprint density at radius 2 is 2.20 bits per heavy atom. The lowest BCUT2D eigenvalue weighted by Crippen LogP contribution is -2.32. The molecular weight excluding hydrogens is 337 g/mol. The van der Waals surface area contributed by atoms with Crippen LogP contribution < -0.4 is 5.73 Å². The molecule has 0 spiro atoms. The highest BCUT2D eigenvalue weighted by atomic mass is 35.5. The van der Waals surface area contributed by atoms with Gasteiger partial charge in [-0.1, -0.05) is 6.07 Å². The van der Waals surface area contributed by atoms with Crippen LogP contribution in [0.5, 0.6) is 0 Å². The highest BCUT2D eigenvalue weighted by Gasteiger charge is 2.26. The van der Waals surface area contributed by atoms with Gasteiger partial charge in [-0.25, -0.2) is 4.98 Å². The maximum Gasteiger partial charge on any atom is 0.273 e. The number of rotatable bonds is 2. The molecule has 110 valence electrons. The lowest BCUT2D eigenvalue weighted by molar-refractivity contribution is 0.0786. The van der Waals surface area contributed by atoms with Crippen LogP contribution in [0.4, 0.5) is 0 Å². The van der Waals surface area contributed by atoms with E-state index in [9.17, 15) is 4.79 Å². The van der Waals surface area contributed by atoms with Gasteiger partial charge in [0.1, 0.15) is 10.7 Å². The first-order valence-corrected chi connectivity index (χ1v) is 7.54. The number of aromatic nitrogens is 1. The molecule has 1 fully saturated rings. The van der Waals surface area contributed by atoms with Crippen LogP contribution >= 0.6 is 47.5 Å². The Morgan fingerprint density at radius 1 is 1.40 bits per heavy atom. The van der Waals surface area contributed by atoms with Gasteiger partial charge in [-0.3, -0.25) is 4.79 Å². The molecular formula is C12H15Cl2N3OS2. The summed E-state index contributed by atoms with van der Waals surface area (Å²) in [5, 5.41) is 4.76. The van der Waals surface area contributed by atoms with Crippen LogP contribution in [0.1, 0.15) is 16.9 Å². The molecule has 0 radical (unpaired) electrons. The first-order valence-electron chi connectivity index (χ1n) is 5.78. The van der Waals surface area contributed by atoms with Gasteiger partial charge in [-0.2, -0.15) is 0 Å². The molecule has 2 aromatic rings. The molecule has 0 bridgehead atoms. The van der Waals surface area contributed by atoms with Gasteiger partial charge < -0.3 is 10.6 Å². The molecule has 1 amide bonds. The van der Waals surface area contributed by atoms with E-state index in [4.69, 9.17) is 5.73 Å². The van der Waals surface area contributed by atoms with Crippen LogP contribution in [-0.4, -0.2) is 34.9 Å². The van der Waals surface area contributed by atoms with Crippen molar-refractivity contribution < 1.29 is 4.79 Å². The molecule has 3 rings (SSSR count). The molecule has 1 aliphatic rings. The first-order chi connectivity index (χ1) is 8.74. The zero-order chi connectivity index (χ0) is 12.5. The van der Waals surface area contributed by atoms with E-state index in [-0.39, 0.29) is 36.8 Å². The van der Waals surface area contributed by atoms with Crippen molar-refractivity contribution in [2.75, 3.05) is 13.1 Å². The smallest absolute Gasteiger partial charge is 0.273 e. The largest absolute Gasteiger partial charge is 0.336 e. The van der Waals surface area contributed by atoms with Crippen molar-refractivity contribution in [3.63, 3.8) is 0 Å². The van der Waals surface area contributed by atoms with Gasteiger partial charge >= 0.3 is 0 Å². The second-order valence-electron chi connectivity index (χ2n) is 4.32. The van der Waals surface area contributed by atoms with Crippen molar-refractivity contribution in [2.24, 2.45) is 5.73 Å². The van der Waals surface area contributed by atoms with Crippen LogP contribution in [0.15, 0.2) is 22.9 Å². The van der Waals surface area contributed by atoms with Gasteiger partial charge in [0.15, 0.2) is 0 Å². The van der Waals surface area contributed by atoms with E-state index < -0.39 is 0 Å². The number of halogens is 2. The Bertz CT molecular complexity index is 559. The zero-order valence-electron chi connectivity index (χ0n) is 10.5. The minimum absolute atomic E-state index is 0. The molecule has 20 heavy (non-hydrogen) atoms. The predicted octanol–water partition coefficient (Wildman–Crippen LogP) is 2.89. The summed E-state index contributed by atoms with van der Waals surface area (Å²) in [6.45, 7) is 1.39. The highest BCUT2D eigenvalue weighted by Crippen LogP contribution is 2.28. The van der Waals surface area contributed by atoms with Gasteiger partial charge in [0.25, 0.3) is 5.91 Å². The molecule has 2 aromatic heterocycles. The SMILES string of the molecule is Cl.Cl.N[C@@H]1CCN(C(=O)c2csc(-c3cccs3)n2)C1. The minimum atomic E-state index is 0. The molecule has 1 atom stereocenters. The average Bonchev–Trinajstić information content (AvgIpc) is 3.09. The maximum atomic E-state index is 12.2. The number of carbonyl (C=O) groups is 1. The summed E-state index contributed by atoms with van der Waals surface area (Å²) >= 11 is 3.15. The summed E-state index contributed by atoms with van der Waals surface area (Å²) in [5.74, 6) is 0.00186. The van der Waals surface area contributed by atoms with E-state index in [0.717, 1.165) is 22.9 Å². The monoisotopic (exact) mass is 351 g/mol. The number of hydrogen-bond donors (Lipinski definition) is 1. The fourth-order valence-electron chi connectivity index (χ4n) is 2.02. The fraction of sp³-hybridized carbons (Fsp3) is 0.333. The topological polar surface area (TPSA) is 59.2 Å². The number of likely N-dealkylation sites (tertiary alicyclic amines) is 1. The van der Waals surface area contributed by atoms with Gasteiger partial charge in [-0.05, 0) is 17.9 Å². The summed E-state index contributed by atoms with van der Waals surface area (Å²) in [6.07, 6.45) is 0.883. The van der Waals surface area contributed by atoms with Crippen LogP contribution in [0, 0.1) is 0 Å². The number of hydrogen-bond acceptors (Lipinski definition) is 5. The number of thiophene rings is 1. The third-order valence-electron chi connectivity index (χ3n) is 2.97. The second-order valence-corrected chi connectivity index (χ2v) is 6.12. The molecule has 0 saturated carbocycles. The van der Waals surface area contributed by atoms with Gasteiger partial charge in [-0.15, -0.1) is 47.5 Å². The summed E-state index contributed by atoms with van der Waals surface area (Å²) in [5.41, 5.74) is 6.35. The predicted molar refractivity (Wildman–Crippen MR) is 88.4 cm³/mol. The first kappa shape index (κ1) is 17.4. The minimum Gasteiger partial charge on any atom is -0.336 e. The average molecular weight is 352 g/mol. The molecule has 4 nitrogen and oxygen atoms in total. The van der Waals surface area contributed by atoms with Crippen molar-refractivity contribution in [3.8, 4) is 9.88 Å². The van der Waals surface area contributed by atoms with E-state index in [2.05, 4.69) is 4.98 Å². The normalized spacial score (nSPS) is 17.4. The Labute approximate surface area is 137 Å². The number of nitrogens with zero attached hydrogens (tertiary/aromatic N) is 2. The highest BCUT2D eigenvalue weighted by molar-refractivity contribution is 7.20. The summed E-state index contributed by atoms with van der Waals surface area (Å²) < 4.78 is 0. The van der Waals surface area contributed by atoms with Gasteiger partial charge in [0, 0.05) is 24.5 Å². The molecule has 1 aliphatic heterocycles. The van der Waals surface area contributed by atoms with E-state index in [0.29, 0.717) is 12.2 Å². The molecule has 3 heterocycles. The van der Waals surface area contributed by atoms with E-state index in [1.807, 2.05) is 22.9 Å². The third kappa shape index (κ3) is 3.51. The van der Waals surface area contributed by atoms with E-state index >= 15 is 0 Å². The Hall–Kier alpha value is -0.660. The van der Waals surface area contributed by atoms with Crippen molar-refractivity contribution >= 4 is 53.4 Å². The number of amides is 1.